The summed E-state index contributed by atoms with van der Waals surface area (Å²) < 4.78 is 13.0. The summed E-state index contributed by atoms with van der Waals surface area (Å²) in [4.78, 5) is 0. The van der Waals surface area contributed by atoms with Crippen LogP contribution in [0.2, 0.25) is 0 Å². The molecule has 0 unspecified atom stereocenters. The van der Waals surface area contributed by atoms with Crippen LogP contribution in [-0.2, 0) is 0 Å². The number of halogens is 2. The maximum absolute atomic E-state index is 11.9. The van der Waals surface area contributed by atoms with Crippen LogP contribution >= 0.6 is 15.9 Å². The van der Waals surface area contributed by atoms with Gasteiger partial charge in [-0.1, -0.05) is 15.9 Å². The smallest absolute Gasteiger partial charge is 0.0911 e. The highest BCUT2D eigenvalue weighted by Gasteiger charge is 2.01. The van der Waals surface area contributed by atoms with Gasteiger partial charge in [0.25, 0.3) is 0 Å². The zero-order valence-electron chi connectivity index (χ0n) is 8.53. The molecule has 0 aliphatic carbocycles. The lowest BCUT2D eigenvalue weighted by Crippen LogP contribution is -2.02. The molecule has 0 saturated heterocycles. The van der Waals surface area contributed by atoms with Gasteiger partial charge in [-0.25, -0.2) is 0 Å². The molecule has 3 heteroatoms. The van der Waals surface area contributed by atoms with Gasteiger partial charge in [-0.2, -0.15) is 0 Å². The SMILES string of the molecule is Cc1cc(NCCCF)cc(C)c1Br. The molecule has 0 aromatic heterocycles. The summed E-state index contributed by atoms with van der Waals surface area (Å²) in [5.74, 6) is 0. The molecule has 1 nitrogen and oxygen atoms in total. The maximum atomic E-state index is 11.9. The van der Waals surface area contributed by atoms with Gasteiger partial charge in [-0.15, -0.1) is 0 Å². The number of alkyl halides is 1. The average molecular weight is 260 g/mol. The molecule has 1 aromatic carbocycles. The number of hydrogen-bond acceptors (Lipinski definition) is 1. The molecule has 14 heavy (non-hydrogen) atoms. The molecular weight excluding hydrogens is 245 g/mol. The van der Waals surface area contributed by atoms with Gasteiger partial charge in [0.15, 0.2) is 0 Å². The van der Waals surface area contributed by atoms with E-state index in [9.17, 15) is 4.39 Å². The number of rotatable bonds is 4. The molecule has 1 aromatic rings. The minimum absolute atomic E-state index is 0.262. The Balaban J connectivity index is 2.69. The van der Waals surface area contributed by atoms with E-state index in [0.717, 1.165) is 10.2 Å². The Hall–Kier alpha value is -0.570. The van der Waals surface area contributed by atoms with E-state index >= 15 is 0 Å². The van der Waals surface area contributed by atoms with E-state index in [2.05, 4.69) is 47.2 Å². The van der Waals surface area contributed by atoms with Gasteiger partial charge in [-0.3, -0.25) is 4.39 Å². The van der Waals surface area contributed by atoms with Crippen LogP contribution in [0.5, 0.6) is 0 Å². The fourth-order valence-electron chi connectivity index (χ4n) is 1.35. The predicted molar refractivity (Wildman–Crippen MR) is 62.7 cm³/mol. The van der Waals surface area contributed by atoms with Gasteiger partial charge in [-0.05, 0) is 43.5 Å². The Morgan fingerprint density at radius 1 is 1.29 bits per heavy atom. The van der Waals surface area contributed by atoms with Gasteiger partial charge in [0, 0.05) is 16.7 Å². The first-order valence-corrected chi connectivity index (χ1v) is 5.51. The van der Waals surface area contributed by atoms with Crippen molar-refractivity contribution in [2.45, 2.75) is 20.3 Å². The first-order chi connectivity index (χ1) is 6.65. The Kier molecular flexibility index (Phi) is 4.39. The lowest BCUT2D eigenvalue weighted by Gasteiger charge is -2.09. The molecular formula is C11H15BrFN. The first kappa shape index (κ1) is 11.5. The zero-order chi connectivity index (χ0) is 10.6. The van der Waals surface area contributed by atoms with E-state index in [-0.39, 0.29) is 6.67 Å². The van der Waals surface area contributed by atoms with Crippen molar-refractivity contribution in [1.82, 2.24) is 0 Å². The average Bonchev–Trinajstić information content (AvgIpc) is 2.14. The summed E-state index contributed by atoms with van der Waals surface area (Å²) >= 11 is 3.51. The van der Waals surface area contributed by atoms with Crippen molar-refractivity contribution >= 4 is 21.6 Å². The van der Waals surface area contributed by atoms with E-state index in [1.54, 1.807) is 0 Å². The second-order valence-electron chi connectivity index (χ2n) is 3.39. The second-order valence-corrected chi connectivity index (χ2v) is 4.19. The largest absolute Gasteiger partial charge is 0.385 e. The molecule has 0 amide bonds. The Bertz CT molecular complexity index is 289. The fourth-order valence-corrected chi connectivity index (χ4v) is 1.58. The minimum atomic E-state index is -0.262. The summed E-state index contributed by atoms with van der Waals surface area (Å²) in [6, 6.07) is 4.13. The van der Waals surface area contributed by atoms with Crippen molar-refractivity contribution < 1.29 is 4.39 Å². The number of benzene rings is 1. The van der Waals surface area contributed by atoms with Gasteiger partial charge >= 0.3 is 0 Å². The summed E-state index contributed by atoms with van der Waals surface area (Å²) in [5, 5.41) is 3.19. The highest BCUT2D eigenvalue weighted by molar-refractivity contribution is 9.10. The van der Waals surface area contributed by atoms with Crippen LogP contribution in [0, 0.1) is 13.8 Å². The second kappa shape index (κ2) is 5.35. The monoisotopic (exact) mass is 259 g/mol. The third kappa shape index (κ3) is 2.98. The van der Waals surface area contributed by atoms with Gasteiger partial charge in [0.05, 0.1) is 6.67 Å². The summed E-state index contributed by atoms with van der Waals surface area (Å²) in [6.45, 7) is 4.54. The van der Waals surface area contributed by atoms with Crippen molar-refractivity contribution in [3.05, 3.63) is 27.7 Å². The molecule has 1 N–H and O–H groups in total. The van der Waals surface area contributed by atoms with Crippen molar-refractivity contribution in [3.63, 3.8) is 0 Å². The summed E-state index contributed by atoms with van der Waals surface area (Å²) in [6.07, 6.45) is 0.564. The van der Waals surface area contributed by atoms with E-state index in [1.165, 1.54) is 11.1 Å². The van der Waals surface area contributed by atoms with Gasteiger partial charge < -0.3 is 5.32 Å². The number of hydrogen-bond donors (Lipinski definition) is 1. The molecule has 0 fully saturated rings. The molecule has 0 radical (unpaired) electrons. The summed E-state index contributed by atoms with van der Waals surface area (Å²) in [5.41, 5.74) is 3.47. The fraction of sp³-hybridized carbons (Fsp3) is 0.455. The van der Waals surface area contributed by atoms with Crippen LogP contribution in [0.1, 0.15) is 17.5 Å². The highest BCUT2D eigenvalue weighted by atomic mass is 79.9. The van der Waals surface area contributed by atoms with E-state index in [4.69, 9.17) is 0 Å². The third-order valence-electron chi connectivity index (χ3n) is 2.08. The number of aryl methyl sites for hydroxylation is 2. The lowest BCUT2D eigenvalue weighted by molar-refractivity contribution is 0.481. The van der Waals surface area contributed by atoms with E-state index in [1.807, 2.05) is 0 Å². The first-order valence-electron chi connectivity index (χ1n) is 4.71. The lowest BCUT2D eigenvalue weighted by atomic mass is 10.1. The topological polar surface area (TPSA) is 12.0 Å². The van der Waals surface area contributed by atoms with Crippen LogP contribution in [0.3, 0.4) is 0 Å². The molecule has 0 aliphatic rings. The van der Waals surface area contributed by atoms with Crippen LogP contribution in [0.25, 0.3) is 0 Å². The maximum Gasteiger partial charge on any atom is 0.0911 e. The van der Waals surface area contributed by atoms with Crippen LogP contribution in [0.15, 0.2) is 16.6 Å². The van der Waals surface area contributed by atoms with E-state index in [0.29, 0.717) is 13.0 Å². The zero-order valence-corrected chi connectivity index (χ0v) is 10.1. The van der Waals surface area contributed by atoms with Crippen molar-refractivity contribution in [3.8, 4) is 0 Å². The predicted octanol–water partition coefficient (Wildman–Crippen LogP) is 3.84. The normalized spacial score (nSPS) is 10.3. The van der Waals surface area contributed by atoms with Crippen molar-refractivity contribution in [2.24, 2.45) is 0 Å². The highest BCUT2D eigenvalue weighted by Crippen LogP contribution is 2.24. The molecule has 0 saturated carbocycles. The molecule has 0 bridgehead atoms. The van der Waals surface area contributed by atoms with Crippen LogP contribution in [-0.4, -0.2) is 13.2 Å². The molecule has 78 valence electrons. The molecule has 0 spiro atoms. The quantitative estimate of drug-likeness (QED) is 0.811. The Morgan fingerprint density at radius 2 is 1.86 bits per heavy atom. The molecule has 0 heterocycles. The van der Waals surface area contributed by atoms with Crippen LogP contribution in [0.4, 0.5) is 10.1 Å². The number of nitrogens with one attached hydrogen (secondary N) is 1. The van der Waals surface area contributed by atoms with Crippen molar-refractivity contribution in [2.75, 3.05) is 18.5 Å². The summed E-state index contributed by atoms with van der Waals surface area (Å²) in [7, 11) is 0. The molecule has 1 rings (SSSR count). The standard InChI is InChI=1S/C11H15BrFN/c1-8-6-10(14-5-3-4-13)7-9(2)11(8)12/h6-7,14H,3-5H2,1-2H3. The van der Waals surface area contributed by atoms with Crippen LogP contribution < -0.4 is 5.32 Å². The van der Waals surface area contributed by atoms with Gasteiger partial charge in [0.1, 0.15) is 0 Å². The molecule has 0 aliphatic heterocycles. The Labute approximate surface area is 92.8 Å². The van der Waals surface area contributed by atoms with Gasteiger partial charge in [0.2, 0.25) is 0 Å². The van der Waals surface area contributed by atoms with Crippen molar-refractivity contribution in [1.29, 1.82) is 0 Å². The Morgan fingerprint density at radius 3 is 2.36 bits per heavy atom. The minimum Gasteiger partial charge on any atom is -0.385 e. The third-order valence-corrected chi connectivity index (χ3v) is 3.33. The van der Waals surface area contributed by atoms with E-state index < -0.39 is 0 Å². The number of anilines is 1. The molecule has 0 atom stereocenters.